The minimum absolute atomic E-state index is 0.245. The van der Waals surface area contributed by atoms with Crippen LogP contribution < -0.4 is 9.62 Å². The van der Waals surface area contributed by atoms with Crippen LogP contribution in [0.2, 0.25) is 5.02 Å². The molecule has 3 aromatic rings. The highest BCUT2D eigenvalue weighted by atomic mass is 35.5. The number of hydrogen-bond acceptors (Lipinski definition) is 3. The van der Waals surface area contributed by atoms with Gasteiger partial charge in [-0.15, -0.1) is 0 Å². The minimum atomic E-state index is -3.74. The second-order valence-electron chi connectivity index (χ2n) is 6.48. The van der Waals surface area contributed by atoms with Gasteiger partial charge in [0.2, 0.25) is 5.91 Å². The summed E-state index contributed by atoms with van der Waals surface area (Å²) in [5, 5.41) is 4.97. The van der Waals surface area contributed by atoms with Crippen molar-refractivity contribution in [3.8, 4) is 0 Å². The number of benzene rings is 3. The molecule has 0 aliphatic carbocycles. The molecule has 0 saturated heterocycles. The molecule has 0 spiro atoms. The average Bonchev–Trinajstić information content (AvgIpc) is 2.86. The van der Waals surface area contributed by atoms with Crippen molar-refractivity contribution in [1.29, 1.82) is 0 Å². The molecule has 0 radical (unpaired) electrons. The molecule has 1 heterocycles. The normalized spacial score (nSPS) is 15.7. The van der Waals surface area contributed by atoms with Gasteiger partial charge in [0.15, 0.2) is 0 Å². The summed E-state index contributed by atoms with van der Waals surface area (Å²) in [5.74, 6) is -0.370. The Labute approximate surface area is 162 Å². The standard InChI is InChI=1S/C20H17ClN2O3S/c1-13(14-8-10-16(21)11-9-14)22-19(24)12-23-17-6-2-4-15-5-3-7-18(20(15)17)27(23,25)26/h2-11,13H,12H2,1H3,(H,22,24)/t13-/m0/s1. The lowest BCUT2D eigenvalue weighted by molar-refractivity contribution is -0.120. The molecular formula is C20H17ClN2O3S. The zero-order chi connectivity index (χ0) is 19.2. The van der Waals surface area contributed by atoms with Gasteiger partial charge < -0.3 is 5.32 Å². The first kappa shape index (κ1) is 17.8. The van der Waals surface area contributed by atoms with Gasteiger partial charge in [0, 0.05) is 10.4 Å². The molecule has 0 aromatic heterocycles. The maximum Gasteiger partial charge on any atom is 0.265 e. The third kappa shape index (κ3) is 3.05. The molecule has 27 heavy (non-hydrogen) atoms. The molecule has 7 heteroatoms. The van der Waals surface area contributed by atoms with E-state index in [0.29, 0.717) is 16.1 Å². The highest BCUT2D eigenvalue weighted by molar-refractivity contribution is 7.93. The fraction of sp³-hybridized carbons (Fsp3) is 0.150. The maximum atomic E-state index is 12.9. The van der Waals surface area contributed by atoms with Crippen molar-refractivity contribution in [1.82, 2.24) is 5.32 Å². The van der Waals surface area contributed by atoms with Crippen LogP contribution in [-0.4, -0.2) is 20.9 Å². The molecule has 1 atom stereocenters. The summed E-state index contributed by atoms with van der Waals surface area (Å²) >= 11 is 5.89. The van der Waals surface area contributed by atoms with Crippen molar-refractivity contribution in [3.63, 3.8) is 0 Å². The second-order valence-corrected chi connectivity index (χ2v) is 8.75. The molecule has 0 bridgehead atoms. The Hall–Kier alpha value is -2.57. The molecule has 1 amide bonds. The summed E-state index contributed by atoms with van der Waals surface area (Å²) in [6.45, 7) is 1.57. The predicted octanol–water partition coefficient (Wildman–Crippen LogP) is 3.88. The van der Waals surface area contributed by atoms with Crippen LogP contribution in [0.4, 0.5) is 5.69 Å². The Balaban J connectivity index is 1.59. The molecule has 0 saturated carbocycles. The van der Waals surface area contributed by atoms with Crippen LogP contribution >= 0.6 is 11.6 Å². The van der Waals surface area contributed by atoms with Crippen molar-refractivity contribution < 1.29 is 13.2 Å². The van der Waals surface area contributed by atoms with Crippen LogP contribution in [0.25, 0.3) is 10.8 Å². The van der Waals surface area contributed by atoms with Gasteiger partial charge in [0.1, 0.15) is 6.54 Å². The smallest absolute Gasteiger partial charge is 0.265 e. The Morgan fingerprint density at radius 3 is 2.44 bits per heavy atom. The summed E-state index contributed by atoms with van der Waals surface area (Å²) in [5.41, 5.74) is 1.43. The SMILES string of the molecule is C[C@H](NC(=O)CN1c2cccc3cccc(c23)S1(=O)=O)c1ccc(Cl)cc1. The summed E-state index contributed by atoms with van der Waals surface area (Å²) in [6, 6.07) is 17.4. The number of rotatable bonds is 4. The second kappa shape index (κ2) is 6.55. The zero-order valence-electron chi connectivity index (χ0n) is 14.5. The molecule has 3 aromatic carbocycles. The third-order valence-electron chi connectivity index (χ3n) is 4.72. The van der Waals surface area contributed by atoms with Gasteiger partial charge in [0.25, 0.3) is 10.0 Å². The summed E-state index contributed by atoms with van der Waals surface area (Å²) in [4.78, 5) is 12.8. The van der Waals surface area contributed by atoms with Gasteiger partial charge >= 0.3 is 0 Å². The van der Waals surface area contributed by atoms with Crippen LogP contribution in [0.5, 0.6) is 0 Å². The van der Waals surface area contributed by atoms with Crippen molar-refractivity contribution in [2.75, 3.05) is 10.8 Å². The number of amides is 1. The fourth-order valence-electron chi connectivity index (χ4n) is 3.38. The van der Waals surface area contributed by atoms with E-state index in [1.165, 1.54) is 4.31 Å². The number of carbonyl (C=O) groups excluding carboxylic acids is 1. The van der Waals surface area contributed by atoms with Crippen molar-refractivity contribution in [2.45, 2.75) is 17.9 Å². The van der Waals surface area contributed by atoms with E-state index in [-0.39, 0.29) is 23.4 Å². The average molecular weight is 401 g/mol. The molecular weight excluding hydrogens is 384 g/mol. The number of anilines is 1. The first-order chi connectivity index (χ1) is 12.9. The lowest BCUT2D eigenvalue weighted by Gasteiger charge is -2.20. The number of hydrogen-bond donors (Lipinski definition) is 1. The molecule has 4 rings (SSSR count). The van der Waals surface area contributed by atoms with E-state index >= 15 is 0 Å². The van der Waals surface area contributed by atoms with Gasteiger partial charge in [-0.1, -0.05) is 48.0 Å². The van der Waals surface area contributed by atoms with Crippen LogP contribution in [0, 0.1) is 0 Å². The lowest BCUT2D eigenvalue weighted by Crippen LogP contribution is -2.39. The quantitative estimate of drug-likeness (QED) is 0.722. The maximum absolute atomic E-state index is 12.9. The predicted molar refractivity (Wildman–Crippen MR) is 106 cm³/mol. The van der Waals surface area contributed by atoms with Crippen LogP contribution in [0.15, 0.2) is 65.6 Å². The van der Waals surface area contributed by atoms with Gasteiger partial charge in [-0.05, 0) is 42.1 Å². The van der Waals surface area contributed by atoms with Crippen LogP contribution in [-0.2, 0) is 14.8 Å². The minimum Gasteiger partial charge on any atom is -0.348 e. The highest BCUT2D eigenvalue weighted by Gasteiger charge is 2.36. The number of halogens is 1. The van der Waals surface area contributed by atoms with E-state index in [2.05, 4.69) is 5.32 Å². The van der Waals surface area contributed by atoms with Crippen LogP contribution in [0.1, 0.15) is 18.5 Å². The fourth-order valence-corrected chi connectivity index (χ4v) is 5.17. The summed E-state index contributed by atoms with van der Waals surface area (Å²) in [7, 11) is -3.74. The number of carbonyl (C=O) groups is 1. The molecule has 1 aliphatic rings. The van der Waals surface area contributed by atoms with E-state index in [4.69, 9.17) is 11.6 Å². The lowest BCUT2D eigenvalue weighted by atomic mass is 10.1. The number of nitrogens with one attached hydrogen (secondary N) is 1. The Morgan fingerprint density at radius 2 is 1.74 bits per heavy atom. The van der Waals surface area contributed by atoms with Gasteiger partial charge in [-0.25, -0.2) is 8.42 Å². The molecule has 0 fully saturated rings. The number of sulfonamides is 1. The van der Waals surface area contributed by atoms with E-state index < -0.39 is 10.0 Å². The van der Waals surface area contributed by atoms with Gasteiger partial charge in [-0.3, -0.25) is 9.10 Å². The van der Waals surface area contributed by atoms with E-state index in [1.807, 2.05) is 31.2 Å². The zero-order valence-corrected chi connectivity index (χ0v) is 16.1. The monoisotopic (exact) mass is 400 g/mol. The molecule has 5 nitrogen and oxygen atoms in total. The Kier molecular flexibility index (Phi) is 4.32. The Bertz CT molecular complexity index is 1140. The van der Waals surface area contributed by atoms with Gasteiger partial charge in [-0.2, -0.15) is 0 Å². The number of nitrogens with zero attached hydrogens (tertiary/aromatic N) is 1. The molecule has 0 unspecified atom stereocenters. The first-order valence-electron chi connectivity index (χ1n) is 8.47. The van der Waals surface area contributed by atoms with Crippen molar-refractivity contribution in [2.24, 2.45) is 0 Å². The summed E-state index contributed by atoms with van der Waals surface area (Å²) < 4.78 is 27.0. The Morgan fingerprint density at radius 1 is 1.07 bits per heavy atom. The van der Waals surface area contributed by atoms with Crippen molar-refractivity contribution in [3.05, 3.63) is 71.2 Å². The van der Waals surface area contributed by atoms with Gasteiger partial charge in [0.05, 0.1) is 16.6 Å². The van der Waals surface area contributed by atoms with E-state index in [1.54, 1.807) is 36.4 Å². The van der Waals surface area contributed by atoms with Crippen molar-refractivity contribution >= 4 is 44.0 Å². The molecule has 1 aliphatic heterocycles. The summed E-state index contributed by atoms with van der Waals surface area (Å²) in [6.07, 6.45) is 0. The molecule has 1 N–H and O–H groups in total. The topological polar surface area (TPSA) is 66.5 Å². The van der Waals surface area contributed by atoms with Crippen LogP contribution in [0.3, 0.4) is 0 Å². The van der Waals surface area contributed by atoms with E-state index in [9.17, 15) is 13.2 Å². The first-order valence-corrected chi connectivity index (χ1v) is 10.3. The van der Waals surface area contributed by atoms with E-state index in [0.717, 1.165) is 10.9 Å². The highest BCUT2D eigenvalue weighted by Crippen LogP contribution is 2.41. The largest absolute Gasteiger partial charge is 0.348 e. The molecule has 138 valence electrons. The third-order valence-corrected chi connectivity index (χ3v) is 6.77.